The Hall–Kier alpha value is -3.07. The van der Waals surface area contributed by atoms with Crippen molar-refractivity contribution >= 4 is 32.4 Å². The lowest BCUT2D eigenvalue weighted by atomic mass is 10.0. The van der Waals surface area contributed by atoms with Gasteiger partial charge in [-0.1, -0.05) is 42.5 Å². The van der Waals surface area contributed by atoms with E-state index in [4.69, 9.17) is 4.74 Å². The molecule has 0 bridgehead atoms. The van der Waals surface area contributed by atoms with E-state index in [1.807, 2.05) is 49.4 Å². The minimum absolute atomic E-state index is 0.0808. The summed E-state index contributed by atoms with van der Waals surface area (Å²) in [7, 11) is -3.68. The minimum Gasteiger partial charge on any atom is -0.379 e. The van der Waals surface area contributed by atoms with Crippen molar-refractivity contribution in [2.45, 2.75) is 11.8 Å². The summed E-state index contributed by atoms with van der Waals surface area (Å²) < 4.78 is 32.3. The van der Waals surface area contributed by atoms with Crippen LogP contribution >= 0.6 is 0 Å². The smallest absolute Gasteiger partial charge is 0.271 e. The van der Waals surface area contributed by atoms with Gasteiger partial charge in [-0.2, -0.15) is 9.41 Å². The molecule has 4 rings (SSSR count). The maximum absolute atomic E-state index is 12.8. The van der Waals surface area contributed by atoms with Crippen LogP contribution in [-0.4, -0.2) is 50.6 Å². The van der Waals surface area contributed by atoms with Crippen molar-refractivity contribution in [3.05, 3.63) is 77.9 Å². The third-order valence-corrected chi connectivity index (χ3v) is 7.09. The Morgan fingerprint density at radius 3 is 2.45 bits per heavy atom. The number of sulfonamides is 1. The van der Waals surface area contributed by atoms with E-state index < -0.39 is 15.9 Å². The largest absolute Gasteiger partial charge is 0.379 e. The Labute approximate surface area is 181 Å². The highest BCUT2D eigenvalue weighted by atomic mass is 32.2. The molecule has 1 aliphatic rings. The van der Waals surface area contributed by atoms with Crippen molar-refractivity contribution in [3.63, 3.8) is 0 Å². The molecule has 0 atom stereocenters. The highest BCUT2D eigenvalue weighted by Crippen LogP contribution is 2.19. The summed E-state index contributed by atoms with van der Waals surface area (Å²) in [6.45, 7) is 3.13. The van der Waals surface area contributed by atoms with Gasteiger partial charge in [0.15, 0.2) is 0 Å². The van der Waals surface area contributed by atoms with E-state index in [-0.39, 0.29) is 10.5 Å². The summed E-state index contributed by atoms with van der Waals surface area (Å²) in [6.07, 6.45) is 0. The predicted molar refractivity (Wildman–Crippen MR) is 120 cm³/mol. The van der Waals surface area contributed by atoms with Gasteiger partial charge < -0.3 is 4.74 Å². The summed E-state index contributed by atoms with van der Waals surface area (Å²) in [5, 5.41) is 6.41. The van der Waals surface area contributed by atoms with E-state index in [1.54, 1.807) is 12.1 Å². The maximum Gasteiger partial charge on any atom is 0.271 e. The average molecular weight is 438 g/mol. The lowest BCUT2D eigenvalue weighted by molar-refractivity contribution is 0.0730. The molecule has 1 amide bonds. The molecule has 0 saturated carbocycles. The summed E-state index contributed by atoms with van der Waals surface area (Å²) in [6, 6.07) is 20.0. The Bertz CT molecular complexity index is 1250. The second kappa shape index (κ2) is 8.97. The van der Waals surface area contributed by atoms with Gasteiger partial charge in [0.1, 0.15) is 0 Å². The number of nitrogens with zero attached hydrogens (tertiary/aromatic N) is 2. The molecule has 0 aliphatic carbocycles. The third kappa shape index (κ3) is 4.66. The zero-order chi connectivity index (χ0) is 21.8. The Balaban J connectivity index is 1.51. The number of rotatable bonds is 5. The lowest BCUT2D eigenvalue weighted by Crippen LogP contribution is -2.40. The zero-order valence-electron chi connectivity index (χ0n) is 17.1. The molecule has 1 aliphatic heterocycles. The quantitative estimate of drug-likeness (QED) is 0.491. The molecule has 3 aromatic rings. The first-order valence-electron chi connectivity index (χ1n) is 9.97. The van der Waals surface area contributed by atoms with Crippen molar-refractivity contribution in [3.8, 4) is 0 Å². The van der Waals surface area contributed by atoms with Gasteiger partial charge in [-0.15, -0.1) is 0 Å². The molecule has 1 heterocycles. The number of ether oxygens (including phenoxy) is 1. The van der Waals surface area contributed by atoms with Crippen LogP contribution < -0.4 is 5.43 Å². The van der Waals surface area contributed by atoms with Gasteiger partial charge in [0.2, 0.25) is 10.0 Å². The molecule has 1 N–H and O–H groups in total. The van der Waals surface area contributed by atoms with Crippen LogP contribution in [0, 0.1) is 0 Å². The van der Waals surface area contributed by atoms with E-state index in [1.165, 1.54) is 16.4 Å². The predicted octanol–water partition coefficient (Wildman–Crippen LogP) is 3.01. The minimum atomic E-state index is -3.68. The van der Waals surface area contributed by atoms with Crippen LogP contribution in [0.15, 0.2) is 76.7 Å². The van der Waals surface area contributed by atoms with Gasteiger partial charge in [0.25, 0.3) is 5.91 Å². The first-order chi connectivity index (χ1) is 14.9. The number of fused-ring (bicyclic) bond motifs is 1. The number of carbonyl (C=O) groups excluding carboxylic acids is 1. The van der Waals surface area contributed by atoms with E-state index in [0.717, 1.165) is 16.3 Å². The number of morpholine rings is 1. The van der Waals surface area contributed by atoms with Gasteiger partial charge in [-0.05, 0) is 47.5 Å². The molecule has 7 nitrogen and oxygen atoms in total. The first-order valence-corrected chi connectivity index (χ1v) is 11.4. The van der Waals surface area contributed by atoms with Crippen molar-refractivity contribution in [2.24, 2.45) is 5.10 Å². The van der Waals surface area contributed by atoms with Crippen LogP contribution in [0.2, 0.25) is 0 Å². The van der Waals surface area contributed by atoms with Crippen molar-refractivity contribution in [2.75, 3.05) is 26.3 Å². The van der Waals surface area contributed by atoms with Crippen molar-refractivity contribution < 1.29 is 17.9 Å². The van der Waals surface area contributed by atoms with Crippen LogP contribution in [0.1, 0.15) is 22.8 Å². The first kappa shape index (κ1) is 21.2. The van der Waals surface area contributed by atoms with Crippen LogP contribution in [0.5, 0.6) is 0 Å². The fourth-order valence-electron chi connectivity index (χ4n) is 3.41. The van der Waals surface area contributed by atoms with Crippen LogP contribution in [-0.2, 0) is 14.8 Å². The molecule has 160 valence electrons. The fraction of sp³-hybridized carbons (Fsp3) is 0.217. The Morgan fingerprint density at radius 2 is 1.68 bits per heavy atom. The maximum atomic E-state index is 12.8. The molecular weight excluding hydrogens is 414 g/mol. The number of hydrogen-bond donors (Lipinski definition) is 1. The SMILES string of the molecule is C/C(=N\NC(=O)c1cccc(S(=O)(=O)N2CCOCC2)c1)c1ccc2ccccc2c1. The summed E-state index contributed by atoms with van der Waals surface area (Å²) in [5.41, 5.74) is 4.29. The number of benzene rings is 3. The monoisotopic (exact) mass is 437 g/mol. The van der Waals surface area contributed by atoms with Gasteiger partial charge in [-0.25, -0.2) is 13.8 Å². The fourth-order valence-corrected chi connectivity index (χ4v) is 4.87. The Kier molecular flexibility index (Phi) is 6.13. The second-order valence-electron chi connectivity index (χ2n) is 7.24. The van der Waals surface area contributed by atoms with Crippen molar-refractivity contribution in [1.29, 1.82) is 0 Å². The van der Waals surface area contributed by atoms with Crippen LogP contribution in [0.4, 0.5) is 0 Å². The number of amides is 1. The normalized spacial score (nSPS) is 15.7. The summed E-state index contributed by atoms with van der Waals surface area (Å²) in [5.74, 6) is -0.473. The van der Waals surface area contributed by atoms with E-state index in [9.17, 15) is 13.2 Å². The molecule has 8 heteroatoms. The number of hydrogen-bond acceptors (Lipinski definition) is 5. The van der Waals surface area contributed by atoms with E-state index >= 15 is 0 Å². The standard InChI is InChI=1S/C23H23N3O4S/c1-17(19-10-9-18-5-2-3-6-20(18)15-19)24-25-23(27)21-7-4-8-22(16-21)31(28,29)26-11-13-30-14-12-26/h2-10,15-16H,11-14H2,1H3,(H,25,27)/b24-17+. The molecule has 31 heavy (non-hydrogen) atoms. The van der Waals surface area contributed by atoms with E-state index in [0.29, 0.717) is 32.0 Å². The molecule has 0 aromatic heterocycles. The van der Waals surface area contributed by atoms with E-state index in [2.05, 4.69) is 10.5 Å². The molecule has 0 spiro atoms. The van der Waals surface area contributed by atoms with Gasteiger partial charge >= 0.3 is 0 Å². The number of nitrogens with one attached hydrogen (secondary N) is 1. The summed E-state index contributed by atoms with van der Waals surface area (Å²) in [4.78, 5) is 12.7. The van der Waals surface area contributed by atoms with Gasteiger partial charge in [-0.3, -0.25) is 4.79 Å². The molecule has 1 saturated heterocycles. The average Bonchev–Trinajstić information content (AvgIpc) is 2.82. The molecule has 0 unspecified atom stereocenters. The molecular formula is C23H23N3O4S. The van der Waals surface area contributed by atoms with Crippen LogP contribution in [0.25, 0.3) is 10.8 Å². The second-order valence-corrected chi connectivity index (χ2v) is 9.18. The third-order valence-electron chi connectivity index (χ3n) is 5.20. The van der Waals surface area contributed by atoms with Crippen molar-refractivity contribution in [1.82, 2.24) is 9.73 Å². The lowest BCUT2D eigenvalue weighted by Gasteiger charge is -2.26. The number of carbonyl (C=O) groups is 1. The highest BCUT2D eigenvalue weighted by Gasteiger charge is 2.26. The molecule has 1 fully saturated rings. The van der Waals surface area contributed by atoms with Gasteiger partial charge in [0, 0.05) is 18.7 Å². The summed E-state index contributed by atoms with van der Waals surface area (Å²) >= 11 is 0. The Morgan fingerprint density at radius 1 is 0.935 bits per heavy atom. The molecule has 0 radical (unpaired) electrons. The molecule has 3 aromatic carbocycles. The number of hydrazone groups is 1. The van der Waals surface area contributed by atoms with Crippen LogP contribution in [0.3, 0.4) is 0 Å². The topological polar surface area (TPSA) is 88.1 Å². The zero-order valence-corrected chi connectivity index (χ0v) is 17.9. The highest BCUT2D eigenvalue weighted by molar-refractivity contribution is 7.89. The van der Waals surface area contributed by atoms with Gasteiger partial charge in [0.05, 0.1) is 23.8 Å².